The summed E-state index contributed by atoms with van der Waals surface area (Å²) in [4.78, 5) is 26.9. The largest absolute Gasteiger partial charge is 0.508 e. The van der Waals surface area contributed by atoms with Crippen LogP contribution in [0.5, 0.6) is 17.2 Å². The molecule has 4 rings (SSSR count). The standard InChI is InChI=1S/C21H18N2O5S2/c24-15-6-4-14(5-7-15)22-19(25)2-1-9-23-20(26)18(30-21(23)29)11-13-3-8-16-17(10-13)28-12-27-16/h3-8,10-11,24H,1-2,9,12H2,(H,22,25)/b18-11-. The van der Waals surface area contributed by atoms with Crippen molar-refractivity contribution in [2.75, 3.05) is 18.7 Å². The molecule has 0 saturated carbocycles. The van der Waals surface area contributed by atoms with Gasteiger partial charge in [-0.2, -0.15) is 0 Å². The summed E-state index contributed by atoms with van der Waals surface area (Å²) in [6, 6.07) is 11.7. The van der Waals surface area contributed by atoms with Crippen molar-refractivity contribution in [1.82, 2.24) is 4.90 Å². The molecular formula is C21H18N2O5S2. The van der Waals surface area contributed by atoms with Gasteiger partial charge >= 0.3 is 0 Å². The molecule has 30 heavy (non-hydrogen) atoms. The minimum atomic E-state index is -0.165. The van der Waals surface area contributed by atoms with E-state index in [1.54, 1.807) is 18.2 Å². The Labute approximate surface area is 182 Å². The molecule has 0 spiro atoms. The Balaban J connectivity index is 1.32. The second-order valence-electron chi connectivity index (χ2n) is 6.64. The number of amides is 2. The predicted octanol–water partition coefficient (Wildman–Crippen LogP) is 3.74. The Bertz CT molecular complexity index is 1040. The van der Waals surface area contributed by atoms with E-state index in [2.05, 4.69) is 5.32 Å². The van der Waals surface area contributed by atoms with Gasteiger partial charge in [0.05, 0.1) is 4.91 Å². The highest BCUT2D eigenvalue weighted by molar-refractivity contribution is 8.26. The van der Waals surface area contributed by atoms with Crippen molar-refractivity contribution in [3.63, 3.8) is 0 Å². The van der Waals surface area contributed by atoms with Gasteiger partial charge in [-0.05, 0) is 54.5 Å². The van der Waals surface area contributed by atoms with Gasteiger partial charge in [-0.3, -0.25) is 14.5 Å². The van der Waals surface area contributed by atoms with Gasteiger partial charge in [0.2, 0.25) is 12.7 Å². The van der Waals surface area contributed by atoms with Crippen LogP contribution in [-0.4, -0.2) is 39.5 Å². The second kappa shape index (κ2) is 8.76. The van der Waals surface area contributed by atoms with Crippen LogP contribution in [-0.2, 0) is 9.59 Å². The van der Waals surface area contributed by atoms with Crippen LogP contribution in [0.4, 0.5) is 5.69 Å². The van der Waals surface area contributed by atoms with Gasteiger partial charge in [-0.25, -0.2) is 0 Å². The molecule has 2 N–H and O–H groups in total. The van der Waals surface area contributed by atoms with Crippen molar-refractivity contribution in [3.05, 3.63) is 52.9 Å². The van der Waals surface area contributed by atoms with Gasteiger partial charge in [0, 0.05) is 18.7 Å². The molecule has 0 bridgehead atoms. The third-order valence-electron chi connectivity index (χ3n) is 4.50. The fourth-order valence-corrected chi connectivity index (χ4v) is 4.32. The summed E-state index contributed by atoms with van der Waals surface area (Å²) in [5.74, 6) is 1.14. The smallest absolute Gasteiger partial charge is 0.266 e. The highest BCUT2D eigenvalue weighted by Crippen LogP contribution is 2.36. The highest BCUT2D eigenvalue weighted by Gasteiger charge is 2.31. The molecule has 7 nitrogen and oxygen atoms in total. The summed E-state index contributed by atoms with van der Waals surface area (Å²) in [7, 11) is 0. The van der Waals surface area contributed by atoms with Crippen molar-refractivity contribution in [3.8, 4) is 17.2 Å². The molecule has 0 aliphatic carbocycles. The summed E-state index contributed by atoms with van der Waals surface area (Å²) in [5, 5.41) is 12.0. The maximum absolute atomic E-state index is 12.7. The number of carbonyl (C=O) groups is 2. The van der Waals surface area contributed by atoms with Crippen molar-refractivity contribution in [2.45, 2.75) is 12.8 Å². The number of nitrogens with one attached hydrogen (secondary N) is 1. The molecule has 2 aliphatic rings. The molecule has 2 aromatic rings. The van der Waals surface area contributed by atoms with E-state index in [0.29, 0.717) is 39.4 Å². The number of phenols is 1. The third kappa shape index (κ3) is 4.58. The van der Waals surface area contributed by atoms with Gasteiger partial charge in [-0.1, -0.05) is 30.0 Å². The van der Waals surface area contributed by atoms with E-state index >= 15 is 0 Å². The van der Waals surface area contributed by atoms with Gasteiger partial charge in [-0.15, -0.1) is 0 Å². The molecule has 1 fully saturated rings. The highest BCUT2D eigenvalue weighted by atomic mass is 32.2. The molecule has 2 amide bonds. The van der Waals surface area contributed by atoms with Gasteiger partial charge in [0.25, 0.3) is 5.91 Å². The Hall–Kier alpha value is -3.04. The number of hydrogen-bond donors (Lipinski definition) is 2. The van der Waals surface area contributed by atoms with E-state index in [1.807, 2.05) is 18.2 Å². The van der Waals surface area contributed by atoms with E-state index in [1.165, 1.54) is 28.8 Å². The van der Waals surface area contributed by atoms with Crippen LogP contribution in [0.15, 0.2) is 47.4 Å². The first-order valence-corrected chi connectivity index (χ1v) is 10.5. The van der Waals surface area contributed by atoms with E-state index in [-0.39, 0.29) is 30.8 Å². The number of aromatic hydroxyl groups is 1. The number of phenolic OH excluding ortho intramolecular Hbond substituents is 1. The lowest BCUT2D eigenvalue weighted by Gasteiger charge is -2.14. The first kappa shape index (κ1) is 20.2. The van der Waals surface area contributed by atoms with Crippen LogP contribution in [0.25, 0.3) is 6.08 Å². The number of ether oxygens (including phenoxy) is 2. The molecule has 2 aromatic carbocycles. The molecule has 0 atom stereocenters. The van der Waals surface area contributed by atoms with Crippen molar-refractivity contribution < 1.29 is 24.2 Å². The van der Waals surface area contributed by atoms with Crippen molar-refractivity contribution in [1.29, 1.82) is 0 Å². The SMILES string of the molecule is O=C(CCCN1C(=O)/C(=C/c2ccc3c(c2)OCO3)SC1=S)Nc1ccc(O)cc1. The molecular weight excluding hydrogens is 424 g/mol. The number of nitrogens with zero attached hydrogens (tertiary/aromatic N) is 1. The molecule has 0 aromatic heterocycles. The number of benzene rings is 2. The molecule has 2 aliphatic heterocycles. The topological polar surface area (TPSA) is 88.1 Å². The van der Waals surface area contributed by atoms with E-state index in [9.17, 15) is 14.7 Å². The number of thioether (sulfide) groups is 1. The first-order valence-electron chi connectivity index (χ1n) is 9.23. The van der Waals surface area contributed by atoms with Gasteiger partial charge in [0.15, 0.2) is 11.5 Å². The lowest BCUT2D eigenvalue weighted by molar-refractivity contribution is -0.122. The molecule has 2 heterocycles. The maximum atomic E-state index is 12.7. The number of anilines is 1. The summed E-state index contributed by atoms with van der Waals surface area (Å²) >= 11 is 6.59. The van der Waals surface area contributed by atoms with Crippen LogP contribution in [0, 0.1) is 0 Å². The zero-order valence-corrected chi connectivity index (χ0v) is 17.4. The van der Waals surface area contributed by atoms with E-state index in [0.717, 1.165) is 5.56 Å². The lowest BCUT2D eigenvalue weighted by atomic mass is 10.2. The van der Waals surface area contributed by atoms with Crippen LogP contribution >= 0.6 is 24.0 Å². The molecule has 0 unspecified atom stereocenters. The number of carbonyl (C=O) groups excluding carboxylic acids is 2. The summed E-state index contributed by atoms with van der Waals surface area (Å²) in [6.07, 6.45) is 2.51. The van der Waals surface area contributed by atoms with Gasteiger partial charge < -0.3 is 19.9 Å². The van der Waals surface area contributed by atoms with Crippen LogP contribution in [0.2, 0.25) is 0 Å². The minimum absolute atomic E-state index is 0.135. The molecule has 0 radical (unpaired) electrons. The quantitative estimate of drug-likeness (QED) is 0.400. The van der Waals surface area contributed by atoms with E-state index in [4.69, 9.17) is 21.7 Å². The Morgan fingerprint density at radius 3 is 2.77 bits per heavy atom. The zero-order chi connectivity index (χ0) is 21.1. The average Bonchev–Trinajstić information content (AvgIpc) is 3.29. The zero-order valence-electron chi connectivity index (χ0n) is 15.8. The number of fused-ring (bicyclic) bond motifs is 1. The second-order valence-corrected chi connectivity index (χ2v) is 8.32. The van der Waals surface area contributed by atoms with Crippen LogP contribution < -0.4 is 14.8 Å². The van der Waals surface area contributed by atoms with Crippen molar-refractivity contribution in [2.24, 2.45) is 0 Å². The summed E-state index contributed by atoms with van der Waals surface area (Å²) < 4.78 is 11.1. The average molecular weight is 443 g/mol. The third-order valence-corrected chi connectivity index (χ3v) is 5.88. The molecule has 1 saturated heterocycles. The summed E-state index contributed by atoms with van der Waals surface area (Å²) in [5.41, 5.74) is 1.43. The van der Waals surface area contributed by atoms with Gasteiger partial charge in [0.1, 0.15) is 10.1 Å². The lowest BCUT2D eigenvalue weighted by Crippen LogP contribution is -2.29. The Morgan fingerprint density at radius 1 is 1.20 bits per heavy atom. The number of rotatable bonds is 6. The number of thiocarbonyl (C=S) groups is 1. The monoisotopic (exact) mass is 442 g/mol. The maximum Gasteiger partial charge on any atom is 0.266 e. The van der Waals surface area contributed by atoms with Crippen LogP contribution in [0.1, 0.15) is 18.4 Å². The van der Waals surface area contributed by atoms with E-state index < -0.39 is 0 Å². The van der Waals surface area contributed by atoms with Crippen molar-refractivity contribution >= 4 is 51.9 Å². The summed E-state index contributed by atoms with van der Waals surface area (Å²) in [6.45, 7) is 0.563. The fourth-order valence-electron chi connectivity index (χ4n) is 3.01. The predicted molar refractivity (Wildman–Crippen MR) is 118 cm³/mol. The normalized spacial score (nSPS) is 16.4. The van der Waals surface area contributed by atoms with Crippen LogP contribution in [0.3, 0.4) is 0 Å². The molecule has 9 heteroatoms. The Morgan fingerprint density at radius 2 is 1.97 bits per heavy atom. The Kier molecular flexibility index (Phi) is 5.91. The minimum Gasteiger partial charge on any atom is -0.508 e. The molecule has 154 valence electrons. The first-order chi connectivity index (χ1) is 14.5. The number of hydrogen-bond acceptors (Lipinski definition) is 7. The fraction of sp³-hybridized carbons (Fsp3) is 0.190.